The van der Waals surface area contributed by atoms with Gasteiger partial charge in [-0.2, -0.15) is 0 Å². The first-order valence-corrected chi connectivity index (χ1v) is 8.82. The Kier molecular flexibility index (Phi) is 6.40. The van der Waals surface area contributed by atoms with E-state index in [9.17, 15) is 19.0 Å². The lowest BCUT2D eigenvalue weighted by Crippen LogP contribution is -2.59. The Bertz CT molecular complexity index is 801. The van der Waals surface area contributed by atoms with Crippen LogP contribution in [0.3, 0.4) is 0 Å². The van der Waals surface area contributed by atoms with Gasteiger partial charge >= 0.3 is 5.24 Å². The fourth-order valence-electron chi connectivity index (χ4n) is 2.61. The van der Waals surface area contributed by atoms with Crippen LogP contribution < -0.4 is 9.47 Å². The lowest BCUT2D eigenvalue weighted by atomic mass is 10.00. The summed E-state index contributed by atoms with van der Waals surface area (Å²) in [5.74, 6) is -0.387. The van der Waals surface area contributed by atoms with Crippen molar-refractivity contribution in [2.24, 2.45) is 0 Å². The van der Waals surface area contributed by atoms with Crippen molar-refractivity contribution >= 4 is 17.5 Å². The lowest BCUT2D eigenvalue weighted by molar-refractivity contribution is -0.266. The van der Waals surface area contributed by atoms with E-state index in [1.807, 2.05) is 0 Å². The van der Waals surface area contributed by atoms with Crippen molar-refractivity contribution < 1.29 is 37.9 Å². The highest BCUT2D eigenvalue weighted by atomic mass is 32.1. The van der Waals surface area contributed by atoms with Gasteiger partial charge in [0, 0.05) is 12.2 Å². The summed E-state index contributed by atoms with van der Waals surface area (Å²) in [6.07, 6.45) is -5.80. The van der Waals surface area contributed by atoms with Gasteiger partial charge in [0.1, 0.15) is 29.2 Å². The van der Waals surface area contributed by atoms with Gasteiger partial charge in [-0.1, -0.05) is 0 Å². The van der Waals surface area contributed by atoms with Gasteiger partial charge in [0.2, 0.25) is 6.29 Å². The van der Waals surface area contributed by atoms with E-state index in [1.54, 1.807) is 6.92 Å². The highest BCUT2D eigenvalue weighted by Gasteiger charge is 2.46. The molecule has 0 aliphatic carbocycles. The van der Waals surface area contributed by atoms with E-state index < -0.39 is 42.3 Å². The molecule has 1 aliphatic rings. The molecule has 0 bridgehead atoms. The second kappa shape index (κ2) is 8.78. The first-order chi connectivity index (χ1) is 13.3. The Morgan fingerprint density at radius 3 is 2.04 bits per heavy atom. The summed E-state index contributed by atoms with van der Waals surface area (Å²) in [6.45, 7) is 1.57. The number of benzene rings is 2. The summed E-state index contributed by atoms with van der Waals surface area (Å²) < 4.78 is 47.6. The quantitative estimate of drug-likeness (QED) is 0.748. The summed E-state index contributed by atoms with van der Waals surface area (Å²) >= 11 is 4.99. The monoisotopic (exact) mass is 412 g/mol. The van der Waals surface area contributed by atoms with Crippen molar-refractivity contribution in [3.63, 3.8) is 0 Å². The van der Waals surface area contributed by atoms with Crippen LogP contribution in [-0.4, -0.2) is 46.2 Å². The molecule has 9 heteroatoms. The topological polar surface area (TPSA) is 77.4 Å². The number of ether oxygens (including phenoxy) is 4. The number of thiocarbonyl (C=S) groups is 1. The van der Waals surface area contributed by atoms with E-state index in [1.165, 1.54) is 48.5 Å². The Balaban J connectivity index is 1.66. The van der Waals surface area contributed by atoms with Crippen molar-refractivity contribution in [1.29, 1.82) is 0 Å². The molecule has 6 nitrogen and oxygen atoms in total. The van der Waals surface area contributed by atoms with Crippen molar-refractivity contribution in [3.8, 4) is 11.5 Å². The largest absolute Gasteiger partial charge is 0.462 e. The van der Waals surface area contributed by atoms with Gasteiger partial charge in [-0.25, -0.2) is 8.78 Å². The second-order valence-corrected chi connectivity index (χ2v) is 6.48. The van der Waals surface area contributed by atoms with E-state index in [0.717, 1.165) is 0 Å². The van der Waals surface area contributed by atoms with Crippen LogP contribution in [-0.2, 0) is 9.47 Å². The van der Waals surface area contributed by atoms with E-state index in [0.29, 0.717) is 0 Å². The molecular formula is C19H18F2O6S. The number of rotatable bonds is 4. The highest BCUT2D eigenvalue weighted by Crippen LogP contribution is 2.27. The molecule has 2 aromatic rings. The van der Waals surface area contributed by atoms with E-state index in [-0.39, 0.29) is 16.7 Å². The molecular weight excluding hydrogens is 394 g/mol. The Labute approximate surface area is 165 Å². The van der Waals surface area contributed by atoms with Crippen LogP contribution in [0.15, 0.2) is 48.5 Å². The molecule has 0 radical (unpaired) electrons. The fourth-order valence-corrected chi connectivity index (χ4v) is 2.82. The van der Waals surface area contributed by atoms with Gasteiger partial charge in [-0.15, -0.1) is 0 Å². The Morgan fingerprint density at radius 1 is 0.929 bits per heavy atom. The molecule has 5 atom stereocenters. The zero-order valence-corrected chi connectivity index (χ0v) is 15.5. The summed E-state index contributed by atoms with van der Waals surface area (Å²) in [7, 11) is 0. The third-order valence-electron chi connectivity index (χ3n) is 4.09. The van der Waals surface area contributed by atoms with Gasteiger partial charge in [-0.3, -0.25) is 0 Å². The molecule has 0 unspecified atom stereocenters. The van der Waals surface area contributed by atoms with E-state index in [4.69, 9.17) is 31.2 Å². The van der Waals surface area contributed by atoms with Gasteiger partial charge < -0.3 is 29.2 Å². The molecule has 0 amide bonds. The number of hydrogen-bond acceptors (Lipinski definition) is 7. The maximum Gasteiger partial charge on any atom is 0.358 e. The summed E-state index contributed by atoms with van der Waals surface area (Å²) in [5.41, 5.74) is 0. The first-order valence-electron chi connectivity index (χ1n) is 8.41. The maximum absolute atomic E-state index is 13.0. The molecule has 0 aromatic heterocycles. The normalized spacial score (nSPS) is 27.1. The molecule has 2 aromatic carbocycles. The van der Waals surface area contributed by atoms with Crippen molar-refractivity contribution in [2.45, 2.75) is 37.6 Å². The number of halogens is 2. The Morgan fingerprint density at radius 2 is 1.46 bits per heavy atom. The molecule has 1 fully saturated rings. The molecule has 0 saturated carbocycles. The van der Waals surface area contributed by atoms with Crippen LogP contribution in [0, 0.1) is 11.6 Å². The summed E-state index contributed by atoms with van der Waals surface area (Å²) in [5, 5.41) is 20.4. The van der Waals surface area contributed by atoms with Gasteiger partial charge in [0.25, 0.3) is 0 Å². The average molecular weight is 412 g/mol. The Hall–Kier alpha value is -2.33. The molecule has 2 N–H and O–H groups in total. The van der Waals surface area contributed by atoms with E-state index >= 15 is 0 Å². The highest BCUT2D eigenvalue weighted by molar-refractivity contribution is 7.79. The van der Waals surface area contributed by atoms with Gasteiger partial charge in [0.15, 0.2) is 12.2 Å². The first kappa shape index (κ1) is 20.4. The van der Waals surface area contributed by atoms with Crippen molar-refractivity contribution in [1.82, 2.24) is 0 Å². The summed E-state index contributed by atoms with van der Waals surface area (Å²) in [6, 6.07) is 10.2. The van der Waals surface area contributed by atoms with Crippen LogP contribution in [0.2, 0.25) is 0 Å². The molecule has 1 aliphatic heterocycles. The van der Waals surface area contributed by atoms with E-state index in [2.05, 4.69) is 0 Å². The smallest absolute Gasteiger partial charge is 0.358 e. The zero-order valence-electron chi connectivity index (χ0n) is 14.7. The molecule has 1 heterocycles. The van der Waals surface area contributed by atoms with Crippen LogP contribution in [0.1, 0.15) is 6.92 Å². The van der Waals surface area contributed by atoms with Crippen molar-refractivity contribution in [2.75, 3.05) is 0 Å². The molecule has 3 rings (SSSR count). The third-order valence-corrected chi connectivity index (χ3v) is 4.27. The van der Waals surface area contributed by atoms with Crippen LogP contribution >= 0.6 is 12.2 Å². The van der Waals surface area contributed by atoms with Gasteiger partial charge in [0.05, 0.1) is 6.10 Å². The van der Waals surface area contributed by atoms with Crippen LogP contribution in [0.5, 0.6) is 11.5 Å². The number of aliphatic hydroxyl groups excluding tert-OH is 2. The number of hydrogen-bond donors (Lipinski definition) is 2. The van der Waals surface area contributed by atoms with Crippen LogP contribution in [0.4, 0.5) is 8.78 Å². The predicted octanol–water partition coefficient (Wildman–Crippen LogP) is 2.56. The number of aliphatic hydroxyl groups is 2. The SMILES string of the molecule is C[C@@H]1O[C@@H](Oc2ccc(F)cc2)[C@H](O)[C@H](OC(=S)Oc2ccc(F)cc2)[C@H]1O. The molecule has 1 saturated heterocycles. The predicted molar refractivity (Wildman–Crippen MR) is 97.9 cm³/mol. The second-order valence-electron chi connectivity index (χ2n) is 6.15. The zero-order chi connectivity index (χ0) is 20.3. The fraction of sp³-hybridized carbons (Fsp3) is 0.316. The molecule has 28 heavy (non-hydrogen) atoms. The van der Waals surface area contributed by atoms with Crippen LogP contribution in [0.25, 0.3) is 0 Å². The molecule has 0 spiro atoms. The van der Waals surface area contributed by atoms with Crippen molar-refractivity contribution in [3.05, 3.63) is 60.2 Å². The third kappa shape index (κ3) is 4.93. The lowest BCUT2D eigenvalue weighted by Gasteiger charge is -2.40. The maximum atomic E-state index is 13.0. The standard InChI is InChI=1S/C19H18F2O6S/c1-10-15(22)17(27-19(28)26-14-8-4-12(21)5-9-14)16(23)18(24-10)25-13-6-2-11(20)3-7-13/h2-10,15-18,22-23H,1H3/t10-,15-,16+,17+,18-/m0/s1. The van der Waals surface area contributed by atoms with Gasteiger partial charge in [-0.05, 0) is 55.5 Å². The summed E-state index contributed by atoms with van der Waals surface area (Å²) in [4.78, 5) is 0. The molecule has 150 valence electrons. The minimum Gasteiger partial charge on any atom is -0.462 e. The average Bonchev–Trinajstić information content (AvgIpc) is 2.67. The minimum absolute atomic E-state index is 0.231. The minimum atomic E-state index is -1.42.